The van der Waals surface area contributed by atoms with E-state index in [1.807, 2.05) is 37.3 Å². The first kappa shape index (κ1) is 15.4. The molecule has 21 heavy (non-hydrogen) atoms. The van der Waals surface area contributed by atoms with E-state index in [1.54, 1.807) is 0 Å². The van der Waals surface area contributed by atoms with Gasteiger partial charge >= 0.3 is 5.97 Å². The molecule has 114 valence electrons. The highest BCUT2D eigenvalue weighted by Gasteiger charge is 2.32. The van der Waals surface area contributed by atoms with Gasteiger partial charge in [0.25, 0.3) is 5.91 Å². The van der Waals surface area contributed by atoms with E-state index in [0.29, 0.717) is 31.4 Å². The van der Waals surface area contributed by atoms with E-state index in [2.05, 4.69) is 5.32 Å². The van der Waals surface area contributed by atoms with Crippen LogP contribution in [0.25, 0.3) is 0 Å². The third-order valence-electron chi connectivity index (χ3n) is 3.81. The predicted molar refractivity (Wildman–Crippen MR) is 78.1 cm³/mol. The van der Waals surface area contributed by atoms with Gasteiger partial charge in [0.05, 0.1) is 5.92 Å². The van der Waals surface area contributed by atoms with Crippen molar-refractivity contribution in [3.05, 3.63) is 30.3 Å². The molecular formula is C16H21NO4. The summed E-state index contributed by atoms with van der Waals surface area (Å²) in [6.07, 6.45) is 1.86. The van der Waals surface area contributed by atoms with Gasteiger partial charge in [-0.2, -0.15) is 0 Å². The summed E-state index contributed by atoms with van der Waals surface area (Å²) in [4.78, 5) is 23.2. The Balaban J connectivity index is 1.88. The number of carbonyl (C=O) groups excluding carboxylic acids is 1. The molecule has 0 bridgehead atoms. The van der Waals surface area contributed by atoms with Crippen molar-refractivity contribution in [2.45, 2.75) is 44.8 Å². The number of carbonyl (C=O) groups is 2. The highest BCUT2D eigenvalue weighted by molar-refractivity contribution is 5.81. The lowest BCUT2D eigenvalue weighted by Crippen LogP contribution is -2.42. The Labute approximate surface area is 124 Å². The number of benzene rings is 1. The van der Waals surface area contributed by atoms with E-state index >= 15 is 0 Å². The first-order valence-electron chi connectivity index (χ1n) is 7.35. The third kappa shape index (κ3) is 4.21. The van der Waals surface area contributed by atoms with Crippen molar-refractivity contribution >= 4 is 11.9 Å². The summed E-state index contributed by atoms with van der Waals surface area (Å²) in [5.41, 5.74) is 0. The number of carboxylic acids is 1. The van der Waals surface area contributed by atoms with Crippen LogP contribution in [0, 0.1) is 5.92 Å². The van der Waals surface area contributed by atoms with Gasteiger partial charge < -0.3 is 15.2 Å². The van der Waals surface area contributed by atoms with Crippen LogP contribution in [-0.4, -0.2) is 29.1 Å². The van der Waals surface area contributed by atoms with E-state index in [-0.39, 0.29) is 17.9 Å². The average molecular weight is 291 g/mol. The molecule has 0 aliphatic heterocycles. The SMILES string of the molecule is CCC(Oc1ccccc1)C(=O)N[C@H]1CC[C@@H](C(=O)O)C1. The molecule has 5 nitrogen and oxygen atoms in total. The number of amides is 1. The normalized spacial score (nSPS) is 22.5. The summed E-state index contributed by atoms with van der Waals surface area (Å²) in [5, 5.41) is 11.9. The zero-order chi connectivity index (χ0) is 15.2. The second-order valence-electron chi connectivity index (χ2n) is 5.38. The highest BCUT2D eigenvalue weighted by Crippen LogP contribution is 2.26. The molecule has 3 atom stereocenters. The van der Waals surface area contributed by atoms with Crippen molar-refractivity contribution in [1.29, 1.82) is 0 Å². The summed E-state index contributed by atoms with van der Waals surface area (Å²) in [6, 6.07) is 9.16. The lowest BCUT2D eigenvalue weighted by atomic mass is 10.1. The van der Waals surface area contributed by atoms with Crippen LogP contribution in [0.1, 0.15) is 32.6 Å². The topological polar surface area (TPSA) is 75.6 Å². The molecule has 0 radical (unpaired) electrons. The number of hydrogen-bond donors (Lipinski definition) is 2. The van der Waals surface area contributed by atoms with Crippen LogP contribution in [-0.2, 0) is 9.59 Å². The number of rotatable bonds is 6. The summed E-state index contributed by atoms with van der Waals surface area (Å²) in [5.74, 6) is -0.628. The van der Waals surface area contributed by atoms with Crippen LogP contribution >= 0.6 is 0 Å². The van der Waals surface area contributed by atoms with Gasteiger partial charge in [0, 0.05) is 6.04 Å². The van der Waals surface area contributed by atoms with Crippen molar-refractivity contribution in [1.82, 2.24) is 5.32 Å². The van der Waals surface area contributed by atoms with E-state index in [0.717, 1.165) is 0 Å². The molecule has 1 saturated carbocycles. The van der Waals surface area contributed by atoms with Gasteiger partial charge in [-0.15, -0.1) is 0 Å². The Morgan fingerprint density at radius 2 is 2.05 bits per heavy atom. The lowest BCUT2D eigenvalue weighted by molar-refractivity contribution is -0.141. The minimum Gasteiger partial charge on any atom is -0.481 e. The molecule has 1 aliphatic rings. The van der Waals surface area contributed by atoms with Crippen molar-refractivity contribution in [3.63, 3.8) is 0 Å². The van der Waals surface area contributed by atoms with Crippen molar-refractivity contribution in [2.75, 3.05) is 0 Å². The van der Waals surface area contributed by atoms with E-state index in [1.165, 1.54) is 0 Å². The molecule has 0 heterocycles. The van der Waals surface area contributed by atoms with E-state index in [9.17, 15) is 9.59 Å². The van der Waals surface area contributed by atoms with Crippen molar-refractivity contribution in [2.24, 2.45) is 5.92 Å². The summed E-state index contributed by atoms with van der Waals surface area (Å²) < 4.78 is 5.68. The van der Waals surface area contributed by atoms with Gasteiger partial charge in [0.1, 0.15) is 5.75 Å². The monoisotopic (exact) mass is 291 g/mol. The molecular weight excluding hydrogens is 270 g/mol. The maximum Gasteiger partial charge on any atom is 0.306 e. The zero-order valence-corrected chi connectivity index (χ0v) is 12.1. The van der Waals surface area contributed by atoms with Crippen LogP contribution in [0.3, 0.4) is 0 Å². The third-order valence-corrected chi connectivity index (χ3v) is 3.81. The van der Waals surface area contributed by atoms with Crippen LogP contribution in [0.5, 0.6) is 5.75 Å². The molecule has 1 aromatic rings. The fourth-order valence-corrected chi connectivity index (χ4v) is 2.62. The number of nitrogens with one attached hydrogen (secondary N) is 1. The molecule has 1 fully saturated rings. The molecule has 1 unspecified atom stereocenters. The van der Waals surface area contributed by atoms with Gasteiger partial charge in [-0.1, -0.05) is 25.1 Å². The fraction of sp³-hybridized carbons (Fsp3) is 0.500. The van der Waals surface area contributed by atoms with Gasteiger partial charge in [0.2, 0.25) is 0 Å². The number of hydrogen-bond acceptors (Lipinski definition) is 3. The minimum atomic E-state index is -0.778. The Morgan fingerprint density at radius 1 is 1.33 bits per heavy atom. The molecule has 1 aliphatic carbocycles. The van der Waals surface area contributed by atoms with E-state index < -0.39 is 12.1 Å². The molecule has 0 spiro atoms. The Bertz CT molecular complexity index is 488. The Kier molecular flexibility index (Phi) is 5.20. The number of ether oxygens (including phenoxy) is 1. The van der Waals surface area contributed by atoms with E-state index in [4.69, 9.17) is 9.84 Å². The molecule has 5 heteroatoms. The van der Waals surface area contributed by atoms with Gasteiger partial charge in [-0.05, 0) is 37.8 Å². The maximum atomic E-state index is 12.2. The smallest absolute Gasteiger partial charge is 0.306 e. The zero-order valence-electron chi connectivity index (χ0n) is 12.1. The number of aliphatic carboxylic acids is 1. The highest BCUT2D eigenvalue weighted by atomic mass is 16.5. The Morgan fingerprint density at radius 3 is 2.62 bits per heavy atom. The molecule has 0 saturated heterocycles. The molecule has 1 amide bonds. The van der Waals surface area contributed by atoms with Crippen molar-refractivity contribution < 1.29 is 19.4 Å². The summed E-state index contributed by atoms with van der Waals surface area (Å²) in [6.45, 7) is 1.89. The molecule has 2 rings (SSSR count). The minimum absolute atomic E-state index is 0.0629. The molecule has 1 aromatic carbocycles. The first-order valence-corrected chi connectivity index (χ1v) is 7.35. The maximum absolute atomic E-state index is 12.2. The predicted octanol–water partition coefficient (Wildman–Crippen LogP) is 2.21. The molecule has 2 N–H and O–H groups in total. The first-order chi connectivity index (χ1) is 10.1. The molecule has 0 aromatic heterocycles. The van der Waals surface area contributed by atoms with Crippen LogP contribution in [0.4, 0.5) is 0 Å². The lowest BCUT2D eigenvalue weighted by Gasteiger charge is -2.20. The fourth-order valence-electron chi connectivity index (χ4n) is 2.62. The quantitative estimate of drug-likeness (QED) is 0.842. The van der Waals surface area contributed by atoms with Crippen LogP contribution in [0.15, 0.2) is 30.3 Å². The summed E-state index contributed by atoms with van der Waals surface area (Å²) >= 11 is 0. The second-order valence-corrected chi connectivity index (χ2v) is 5.38. The number of para-hydroxylation sites is 1. The standard InChI is InChI=1S/C16H21NO4/c1-2-14(21-13-6-4-3-5-7-13)15(18)17-12-9-8-11(10-12)16(19)20/h3-7,11-12,14H,2,8-10H2,1H3,(H,17,18)(H,19,20)/t11-,12+,14?/m1/s1. The largest absolute Gasteiger partial charge is 0.481 e. The van der Waals surface area contributed by atoms with Gasteiger partial charge in [-0.25, -0.2) is 0 Å². The van der Waals surface area contributed by atoms with Crippen LogP contribution in [0.2, 0.25) is 0 Å². The van der Waals surface area contributed by atoms with Gasteiger partial charge in [0.15, 0.2) is 6.10 Å². The van der Waals surface area contributed by atoms with Crippen molar-refractivity contribution in [3.8, 4) is 5.75 Å². The second kappa shape index (κ2) is 7.11. The van der Waals surface area contributed by atoms with Crippen LogP contribution < -0.4 is 10.1 Å². The van der Waals surface area contributed by atoms with Gasteiger partial charge in [-0.3, -0.25) is 9.59 Å². The Hall–Kier alpha value is -2.04. The number of carboxylic acid groups (broad SMARTS) is 1. The average Bonchev–Trinajstić information content (AvgIpc) is 2.94. The summed E-state index contributed by atoms with van der Waals surface area (Å²) in [7, 11) is 0.